The van der Waals surface area contributed by atoms with Gasteiger partial charge in [-0.15, -0.1) is 0 Å². The van der Waals surface area contributed by atoms with Crippen molar-refractivity contribution in [1.82, 2.24) is 19.5 Å². The Hall–Kier alpha value is -2.31. The molecule has 17 heavy (non-hydrogen) atoms. The summed E-state index contributed by atoms with van der Waals surface area (Å²) in [5.41, 5.74) is 5.95. The first-order chi connectivity index (χ1) is 8.22. The zero-order chi connectivity index (χ0) is 12.3. The fourth-order valence-electron chi connectivity index (χ4n) is 1.42. The molecule has 2 rings (SSSR count). The zero-order valence-electron chi connectivity index (χ0n) is 9.38. The topological polar surface area (TPSA) is 98.8 Å². The van der Waals surface area contributed by atoms with Gasteiger partial charge in [-0.1, -0.05) is 0 Å². The lowest BCUT2D eigenvalue weighted by Crippen LogP contribution is -2.10. The van der Waals surface area contributed by atoms with Gasteiger partial charge in [0.05, 0.1) is 19.5 Å². The van der Waals surface area contributed by atoms with E-state index in [1.54, 1.807) is 23.9 Å². The van der Waals surface area contributed by atoms with E-state index in [-0.39, 0.29) is 11.5 Å². The number of carbonyl (C=O) groups is 1. The Kier molecular flexibility index (Phi) is 3.08. The molecule has 0 spiro atoms. The number of carbonyl (C=O) groups excluding carboxylic acids is 1. The van der Waals surface area contributed by atoms with Gasteiger partial charge in [-0.05, 0) is 6.92 Å². The molecule has 0 bridgehead atoms. The Morgan fingerprint density at radius 1 is 1.59 bits per heavy atom. The first kappa shape index (κ1) is 11.2. The maximum atomic E-state index is 11.5. The molecule has 0 saturated carbocycles. The van der Waals surface area contributed by atoms with Crippen molar-refractivity contribution in [3.8, 4) is 0 Å². The number of nitrogens with two attached hydrogens (primary N) is 1. The second kappa shape index (κ2) is 4.69. The number of hydrogen-bond acceptors (Lipinski definition) is 5. The van der Waals surface area contributed by atoms with Gasteiger partial charge in [-0.25, -0.2) is 14.8 Å². The quantitative estimate of drug-likeness (QED) is 0.748. The Bertz CT molecular complexity index is 503. The minimum atomic E-state index is -0.511. The fraction of sp³-hybridized carbons (Fsp3) is 0.300. The zero-order valence-corrected chi connectivity index (χ0v) is 9.38. The summed E-state index contributed by atoms with van der Waals surface area (Å²) < 4.78 is 6.47. The number of nitrogens with zero attached hydrogens (tertiary/aromatic N) is 3. The van der Waals surface area contributed by atoms with Crippen LogP contribution in [0.4, 0.5) is 5.82 Å². The van der Waals surface area contributed by atoms with Crippen LogP contribution in [0, 0.1) is 0 Å². The van der Waals surface area contributed by atoms with E-state index >= 15 is 0 Å². The van der Waals surface area contributed by atoms with E-state index < -0.39 is 5.97 Å². The first-order valence-corrected chi connectivity index (χ1v) is 5.18. The SMILES string of the molecule is CCOC(=O)c1ncn(Cc2ncc[nH]2)c1N. The normalized spacial score (nSPS) is 10.4. The Labute approximate surface area is 97.6 Å². The van der Waals surface area contributed by atoms with Crippen molar-refractivity contribution in [2.24, 2.45) is 0 Å². The van der Waals surface area contributed by atoms with Crippen molar-refractivity contribution < 1.29 is 9.53 Å². The number of rotatable bonds is 4. The van der Waals surface area contributed by atoms with Crippen molar-refractivity contribution in [3.63, 3.8) is 0 Å². The summed E-state index contributed by atoms with van der Waals surface area (Å²) in [5, 5.41) is 0. The second-order valence-electron chi connectivity index (χ2n) is 3.36. The summed E-state index contributed by atoms with van der Waals surface area (Å²) >= 11 is 0. The van der Waals surface area contributed by atoms with E-state index in [9.17, 15) is 4.79 Å². The van der Waals surface area contributed by atoms with Crippen molar-refractivity contribution in [1.29, 1.82) is 0 Å². The smallest absolute Gasteiger partial charge is 0.360 e. The molecule has 0 unspecified atom stereocenters. The molecule has 0 atom stereocenters. The van der Waals surface area contributed by atoms with Gasteiger partial charge in [0.2, 0.25) is 0 Å². The molecular weight excluding hydrogens is 222 g/mol. The number of anilines is 1. The highest BCUT2D eigenvalue weighted by Gasteiger charge is 2.16. The van der Waals surface area contributed by atoms with Crippen LogP contribution in [0.25, 0.3) is 0 Å². The summed E-state index contributed by atoms with van der Waals surface area (Å²) in [7, 11) is 0. The predicted octanol–water partition coefficient (Wildman–Crippen LogP) is 0.413. The molecule has 0 radical (unpaired) electrons. The highest BCUT2D eigenvalue weighted by atomic mass is 16.5. The molecule has 2 aromatic rings. The number of imidazole rings is 2. The average molecular weight is 235 g/mol. The third-order valence-electron chi connectivity index (χ3n) is 2.22. The minimum Gasteiger partial charge on any atom is -0.461 e. The van der Waals surface area contributed by atoms with Crippen LogP contribution in [-0.4, -0.2) is 32.1 Å². The molecule has 0 aliphatic carbocycles. The summed E-state index contributed by atoms with van der Waals surface area (Å²) in [5.74, 6) is 0.507. The molecule has 0 aromatic carbocycles. The highest BCUT2D eigenvalue weighted by Crippen LogP contribution is 2.12. The molecule has 2 heterocycles. The van der Waals surface area contributed by atoms with Gasteiger partial charge in [-0.2, -0.15) is 0 Å². The average Bonchev–Trinajstić information content (AvgIpc) is 2.91. The number of nitrogen functional groups attached to an aromatic ring is 1. The molecule has 0 fully saturated rings. The van der Waals surface area contributed by atoms with Crippen LogP contribution in [-0.2, 0) is 11.3 Å². The standard InChI is InChI=1S/C10H13N5O2/c1-2-17-10(16)8-9(11)15(6-14-8)5-7-12-3-4-13-7/h3-4,6H,2,5,11H2,1H3,(H,12,13). The minimum absolute atomic E-state index is 0.137. The van der Waals surface area contributed by atoms with Crippen LogP contribution in [0.15, 0.2) is 18.7 Å². The number of ether oxygens (including phenoxy) is 1. The first-order valence-electron chi connectivity index (χ1n) is 5.18. The van der Waals surface area contributed by atoms with E-state index in [2.05, 4.69) is 15.0 Å². The van der Waals surface area contributed by atoms with Crippen LogP contribution in [0.2, 0.25) is 0 Å². The lowest BCUT2D eigenvalue weighted by atomic mass is 10.4. The predicted molar refractivity (Wildman–Crippen MR) is 60.3 cm³/mol. The molecule has 0 aliphatic rings. The number of H-pyrrole nitrogens is 1. The lowest BCUT2D eigenvalue weighted by Gasteiger charge is -2.03. The second-order valence-corrected chi connectivity index (χ2v) is 3.36. The van der Waals surface area contributed by atoms with E-state index in [1.807, 2.05) is 0 Å². The summed E-state index contributed by atoms with van der Waals surface area (Å²) in [4.78, 5) is 22.4. The summed E-state index contributed by atoms with van der Waals surface area (Å²) in [6.07, 6.45) is 4.85. The van der Waals surface area contributed by atoms with Gasteiger partial charge >= 0.3 is 5.97 Å². The molecular formula is C10H13N5O2. The van der Waals surface area contributed by atoms with Crippen molar-refractivity contribution in [3.05, 3.63) is 30.2 Å². The number of aromatic nitrogens is 4. The van der Waals surface area contributed by atoms with Gasteiger partial charge < -0.3 is 20.0 Å². The Balaban J connectivity index is 2.18. The van der Waals surface area contributed by atoms with Crippen LogP contribution < -0.4 is 5.73 Å². The van der Waals surface area contributed by atoms with Crippen molar-refractivity contribution >= 4 is 11.8 Å². The molecule has 90 valence electrons. The van der Waals surface area contributed by atoms with Crippen LogP contribution in [0.3, 0.4) is 0 Å². The maximum Gasteiger partial charge on any atom is 0.360 e. The molecule has 3 N–H and O–H groups in total. The van der Waals surface area contributed by atoms with Gasteiger partial charge in [-0.3, -0.25) is 0 Å². The largest absolute Gasteiger partial charge is 0.461 e. The summed E-state index contributed by atoms with van der Waals surface area (Å²) in [6, 6.07) is 0. The lowest BCUT2D eigenvalue weighted by molar-refractivity contribution is 0.0521. The highest BCUT2D eigenvalue weighted by molar-refractivity contribution is 5.92. The van der Waals surface area contributed by atoms with Gasteiger partial charge in [0.1, 0.15) is 11.6 Å². The van der Waals surface area contributed by atoms with E-state index in [0.717, 1.165) is 5.82 Å². The van der Waals surface area contributed by atoms with E-state index in [4.69, 9.17) is 10.5 Å². The van der Waals surface area contributed by atoms with Gasteiger partial charge in [0, 0.05) is 12.4 Å². The molecule has 0 saturated heterocycles. The number of aromatic amines is 1. The monoisotopic (exact) mass is 235 g/mol. The van der Waals surface area contributed by atoms with Crippen LogP contribution in [0.1, 0.15) is 23.2 Å². The fourth-order valence-corrected chi connectivity index (χ4v) is 1.42. The van der Waals surface area contributed by atoms with Gasteiger partial charge in [0.25, 0.3) is 0 Å². The number of hydrogen-bond donors (Lipinski definition) is 2. The van der Waals surface area contributed by atoms with Crippen molar-refractivity contribution in [2.75, 3.05) is 12.3 Å². The molecule has 2 aromatic heterocycles. The van der Waals surface area contributed by atoms with Gasteiger partial charge in [0.15, 0.2) is 5.69 Å². The Morgan fingerprint density at radius 2 is 2.41 bits per heavy atom. The molecule has 7 nitrogen and oxygen atoms in total. The third-order valence-corrected chi connectivity index (χ3v) is 2.22. The number of esters is 1. The van der Waals surface area contributed by atoms with E-state index in [1.165, 1.54) is 6.33 Å². The molecule has 7 heteroatoms. The van der Waals surface area contributed by atoms with Crippen LogP contribution in [0.5, 0.6) is 0 Å². The van der Waals surface area contributed by atoms with Crippen LogP contribution >= 0.6 is 0 Å². The van der Waals surface area contributed by atoms with Crippen molar-refractivity contribution in [2.45, 2.75) is 13.5 Å². The third kappa shape index (κ3) is 2.27. The number of nitrogens with one attached hydrogen (secondary N) is 1. The maximum absolute atomic E-state index is 11.5. The molecule has 0 amide bonds. The summed E-state index contributed by atoms with van der Waals surface area (Å²) in [6.45, 7) is 2.46. The molecule has 0 aliphatic heterocycles. The Morgan fingerprint density at radius 3 is 3.06 bits per heavy atom. The van der Waals surface area contributed by atoms with E-state index in [0.29, 0.717) is 13.2 Å².